The summed E-state index contributed by atoms with van der Waals surface area (Å²) in [6.45, 7) is 4.45. The van der Waals surface area contributed by atoms with Crippen LogP contribution in [0.3, 0.4) is 0 Å². The number of hydrogen-bond acceptors (Lipinski definition) is 4. The summed E-state index contributed by atoms with van der Waals surface area (Å²) in [6.07, 6.45) is 5.08. The van der Waals surface area contributed by atoms with Crippen LogP contribution in [0.4, 0.5) is 5.13 Å². The fourth-order valence-electron chi connectivity index (χ4n) is 2.33. The molecule has 4 heteroatoms. The fraction of sp³-hybridized carbons (Fsp3) is 0.769. The number of rotatable bonds is 4. The third-order valence-corrected chi connectivity index (χ3v) is 4.87. The van der Waals surface area contributed by atoms with Crippen LogP contribution in [-0.4, -0.2) is 23.2 Å². The van der Waals surface area contributed by atoms with Crippen molar-refractivity contribution in [3.63, 3.8) is 0 Å². The molecule has 1 heterocycles. The van der Waals surface area contributed by atoms with Gasteiger partial charge in [-0.2, -0.15) is 0 Å². The third kappa shape index (κ3) is 2.63. The Bertz CT molecular complexity index is 377. The van der Waals surface area contributed by atoms with Gasteiger partial charge in [0.1, 0.15) is 0 Å². The smallest absolute Gasteiger partial charge is 0.185 e. The topological polar surface area (TPSA) is 36.4 Å². The zero-order valence-corrected chi connectivity index (χ0v) is 11.8. The van der Waals surface area contributed by atoms with E-state index in [-0.39, 0.29) is 6.10 Å². The molecule has 1 aromatic rings. The molecule has 1 aromatic heterocycles. The molecule has 2 unspecified atom stereocenters. The van der Waals surface area contributed by atoms with E-state index in [2.05, 4.69) is 30.8 Å². The highest BCUT2D eigenvalue weighted by Crippen LogP contribution is 2.37. The van der Waals surface area contributed by atoms with Crippen LogP contribution in [-0.2, 0) is 6.42 Å². The van der Waals surface area contributed by atoms with Gasteiger partial charge in [-0.15, -0.1) is 0 Å². The van der Waals surface area contributed by atoms with Gasteiger partial charge in [0.15, 0.2) is 5.13 Å². The van der Waals surface area contributed by atoms with Crippen LogP contribution in [0.25, 0.3) is 0 Å². The molecule has 2 rings (SSSR count). The van der Waals surface area contributed by atoms with Crippen molar-refractivity contribution < 1.29 is 5.11 Å². The maximum atomic E-state index is 9.95. The lowest BCUT2D eigenvalue weighted by molar-refractivity contribution is 0.160. The van der Waals surface area contributed by atoms with E-state index in [1.807, 2.05) is 0 Å². The minimum Gasteiger partial charge on any atom is -0.388 e. The molecule has 0 saturated heterocycles. The molecule has 2 atom stereocenters. The molecule has 17 heavy (non-hydrogen) atoms. The number of thiazole rings is 1. The van der Waals surface area contributed by atoms with Crippen molar-refractivity contribution in [1.82, 2.24) is 4.98 Å². The number of aliphatic hydroxyl groups is 1. The van der Waals surface area contributed by atoms with E-state index >= 15 is 0 Å². The first-order valence-electron chi connectivity index (χ1n) is 6.54. The van der Waals surface area contributed by atoms with Gasteiger partial charge in [0.2, 0.25) is 0 Å². The summed E-state index contributed by atoms with van der Waals surface area (Å²) >= 11 is 1.67. The number of aromatic nitrogens is 1. The summed E-state index contributed by atoms with van der Waals surface area (Å²) in [5, 5.41) is 11.0. The Morgan fingerprint density at radius 2 is 2.35 bits per heavy atom. The molecule has 0 amide bonds. The molecule has 0 radical (unpaired) electrons. The van der Waals surface area contributed by atoms with Crippen molar-refractivity contribution in [2.45, 2.75) is 58.1 Å². The summed E-state index contributed by atoms with van der Waals surface area (Å²) in [6, 6.07) is 0.518. The first kappa shape index (κ1) is 12.8. The quantitative estimate of drug-likeness (QED) is 0.896. The number of hydrogen-bond donors (Lipinski definition) is 1. The lowest BCUT2D eigenvalue weighted by atomic mass is 10.0. The minimum atomic E-state index is -0.278. The zero-order chi connectivity index (χ0) is 12.4. The summed E-state index contributed by atoms with van der Waals surface area (Å²) in [5.41, 5.74) is 1.12. The second-order valence-electron chi connectivity index (χ2n) is 4.96. The zero-order valence-electron chi connectivity index (χ0n) is 10.9. The first-order valence-corrected chi connectivity index (χ1v) is 7.35. The highest BCUT2D eigenvalue weighted by Gasteiger charge is 2.24. The Morgan fingerprint density at radius 3 is 3.00 bits per heavy atom. The molecular weight excluding hydrogens is 232 g/mol. The number of aliphatic hydroxyl groups excluding tert-OH is 1. The van der Waals surface area contributed by atoms with Crippen LogP contribution < -0.4 is 4.90 Å². The van der Waals surface area contributed by atoms with E-state index in [4.69, 9.17) is 0 Å². The van der Waals surface area contributed by atoms with Crippen molar-refractivity contribution in [2.75, 3.05) is 11.9 Å². The molecule has 1 aliphatic rings. The summed E-state index contributed by atoms with van der Waals surface area (Å²) in [5.74, 6) is 0. The minimum absolute atomic E-state index is 0.278. The molecule has 1 aliphatic carbocycles. The maximum absolute atomic E-state index is 9.95. The number of fused-ring (bicyclic) bond motifs is 1. The van der Waals surface area contributed by atoms with Gasteiger partial charge in [0.05, 0.1) is 16.7 Å². The van der Waals surface area contributed by atoms with E-state index in [1.165, 1.54) is 12.8 Å². The van der Waals surface area contributed by atoms with Gasteiger partial charge in [0.25, 0.3) is 0 Å². The molecule has 0 aliphatic heterocycles. The summed E-state index contributed by atoms with van der Waals surface area (Å²) in [7, 11) is 2.11. The molecular formula is C13H22N2OS. The fourth-order valence-corrected chi connectivity index (χ4v) is 3.53. The van der Waals surface area contributed by atoms with E-state index in [0.29, 0.717) is 6.04 Å². The lowest BCUT2D eigenvalue weighted by Crippen LogP contribution is -2.28. The van der Waals surface area contributed by atoms with Crippen LogP contribution >= 0.6 is 11.3 Å². The molecule has 0 fully saturated rings. The van der Waals surface area contributed by atoms with Crippen molar-refractivity contribution >= 4 is 16.5 Å². The Morgan fingerprint density at radius 1 is 1.59 bits per heavy atom. The van der Waals surface area contributed by atoms with Crippen LogP contribution in [0, 0.1) is 0 Å². The maximum Gasteiger partial charge on any atom is 0.185 e. The average Bonchev–Trinajstić information content (AvgIpc) is 2.73. The molecule has 0 saturated carbocycles. The van der Waals surface area contributed by atoms with Gasteiger partial charge in [-0.25, -0.2) is 4.98 Å². The van der Waals surface area contributed by atoms with E-state index in [9.17, 15) is 5.11 Å². The van der Waals surface area contributed by atoms with Crippen molar-refractivity contribution in [1.29, 1.82) is 0 Å². The predicted molar refractivity (Wildman–Crippen MR) is 72.8 cm³/mol. The molecule has 1 N–H and O–H groups in total. The van der Waals surface area contributed by atoms with Gasteiger partial charge < -0.3 is 10.0 Å². The Hall–Kier alpha value is -0.610. The van der Waals surface area contributed by atoms with Gasteiger partial charge in [-0.3, -0.25) is 0 Å². The lowest BCUT2D eigenvalue weighted by Gasteiger charge is -2.23. The van der Waals surface area contributed by atoms with Crippen molar-refractivity contribution in [3.05, 3.63) is 10.6 Å². The van der Waals surface area contributed by atoms with Gasteiger partial charge in [0, 0.05) is 13.1 Å². The van der Waals surface area contributed by atoms with Crippen LogP contribution in [0.5, 0.6) is 0 Å². The highest BCUT2D eigenvalue weighted by atomic mass is 32.1. The molecule has 0 aromatic carbocycles. The molecule has 0 spiro atoms. The van der Waals surface area contributed by atoms with Crippen molar-refractivity contribution in [2.24, 2.45) is 0 Å². The normalized spacial score (nSPS) is 21.1. The highest BCUT2D eigenvalue weighted by molar-refractivity contribution is 7.15. The number of aryl methyl sites for hydroxylation is 1. The third-order valence-electron chi connectivity index (χ3n) is 3.58. The summed E-state index contributed by atoms with van der Waals surface area (Å²) in [4.78, 5) is 8.04. The average molecular weight is 254 g/mol. The number of anilines is 1. The number of nitrogens with zero attached hydrogens (tertiary/aromatic N) is 2. The van der Waals surface area contributed by atoms with Gasteiger partial charge in [-0.1, -0.05) is 24.7 Å². The first-order chi connectivity index (χ1) is 8.13. The van der Waals surface area contributed by atoms with Crippen LogP contribution in [0.15, 0.2) is 0 Å². The largest absolute Gasteiger partial charge is 0.388 e. The van der Waals surface area contributed by atoms with Gasteiger partial charge in [-0.05, 0) is 32.6 Å². The second kappa shape index (κ2) is 5.36. The predicted octanol–water partition coefficient (Wildman–Crippen LogP) is 3.14. The Kier molecular flexibility index (Phi) is 4.05. The van der Waals surface area contributed by atoms with Crippen LogP contribution in [0.2, 0.25) is 0 Å². The molecule has 3 nitrogen and oxygen atoms in total. The summed E-state index contributed by atoms with van der Waals surface area (Å²) < 4.78 is 0. The van der Waals surface area contributed by atoms with E-state index < -0.39 is 0 Å². The van der Waals surface area contributed by atoms with E-state index in [0.717, 1.165) is 35.0 Å². The standard InChI is InChI=1S/C13H22N2OS/c1-4-6-9(2)15(3)13-14-10-7-5-8-11(16)12(10)17-13/h9,11,16H,4-8H2,1-3H3. The SMILES string of the molecule is CCCC(C)N(C)c1nc2c(s1)C(O)CCC2. The Labute approximate surface area is 107 Å². The van der Waals surface area contributed by atoms with Gasteiger partial charge >= 0.3 is 0 Å². The van der Waals surface area contributed by atoms with Crippen LogP contribution in [0.1, 0.15) is 56.2 Å². The van der Waals surface area contributed by atoms with Crippen molar-refractivity contribution in [3.8, 4) is 0 Å². The second-order valence-corrected chi connectivity index (χ2v) is 5.97. The molecule has 0 bridgehead atoms. The monoisotopic (exact) mass is 254 g/mol. The Balaban J connectivity index is 2.17. The molecule has 96 valence electrons. The van der Waals surface area contributed by atoms with E-state index in [1.54, 1.807) is 11.3 Å².